The van der Waals surface area contributed by atoms with Crippen molar-refractivity contribution in [1.29, 1.82) is 0 Å². The van der Waals surface area contributed by atoms with Crippen LogP contribution < -0.4 is 14.9 Å². The van der Waals surface area contributed by atoms with E-state index >= 15 is 0 Å². The Labute approximate surface area is 158 Å². The molecular weight excluding hydrogens is 352 g/mol. The Kier molecular flexibility index (Phi) is 6.12. The summed E-state index contributed by atoms with van der Waals surface area (Å²) < 4.78 is 11.5. The Morgan fingerprint density at radius 3 is 2.65 bits per heavy atom. The fourth-order valence-corrected chi connectivity index (χ4v) is 2.47. The third-order valence-electron chi connectivity index (χ3n) is 3.91. The third-order valence-corrected chi connectivity index (χ3v) is 4.16. The van der Waals surface area contributed by atoms with Crippen LogP contribution in [0.2, 0.25) is 5.02 Å². The predicted octanol–water partition coefficient (Wildman–Crippen LogP) is 4.18. The molecule has 0 aliphatic heterocycles. The van der Waals surface area contributed by atoms with Gasteiger partial charge in [0.15, 0.2) is 11.5 Å². The van der Waals surface area contributed by atoms with Crippen molar-refractivity contribution in [2.75, 3.05) is 6.61 Å². The van der Waals surface area contributed by atoms with Gasteiger partial charge in [-0.2, -0.15) is 5.10 Å². The molecule has 1 aliphatic rings. The van der Waals surface area contributed by atoms with Gasteiger partial charge in [0, 0.05) is 10.9 Å². The van der Waals surface area contributed by atoms with E-state index in [0.29, 0.717) is 29.7 Å². The number of hydrogen-bond donors (Lipinski definition) is 1. The quantitative estimate of drug-likeness (QED) is 0.558. The largest absolute Gasteiger partial charge is 0.490 e. The van der Waals surface area contributed by atoms with Gasteiger partial charge in [0.25, 0.3) is 0 Å². The number of ether oxygens (including phenoxy) is 2. The van der Waals surface area contributed by atoms with Crippen LogP contribution >= 0.6 is 11.6 Å². The molecule has 3 rings (SSSR count). The van der Waals surface area contributed by atoms with Gasteiger partial charge in [-0.05, 0) is 61.2 Å². The average Bonchev–Trinajstić information content (AvgIpc) is 3.48. The van der Waals surface area contributed by atoms with Crippen molar-refractivity contribution in [1.82, 2.24) is 5.43 Å². The minimum Gasteiger partial charge on any atom is -0.490 e. The molecule has 0 unspecified atom stereocenters. The number of carbonyl (C=O) groups excluding carboxylic acids is 1. The second-order valence-corrected chi connectivity index (χ2v) is 6.50. The van der Waals surface area contributed by atoms with Crippen LogP contribution in [0, 0.1) is 5.92 Å². The molecule has 5 nitrogen and oxygen atoms in total. The van der Waals surface area contributed by atoms with Crippen molar-refractivity contribution in [3.63, 3.8) is 0 Å². The molecule has 1 saturated carbocycles. The van der Waals surface area contributed by atoms with Gasteiger partial charge in [-0.1, -0.05) is 23.7 Å². The number of nitrogens with zero attached hydrogens (tertiary/aromatic N) is 1. The Bertz CT molecular complexity index is 786. The second kappa shape index (κ2) is 8.72. The van der Waals surface area contributed by atoms with E-state index in [2.05, 4.69) is 10.5 Å². The molecule has 6 heteroatoms. The summed E-state index contributed by atoms with van der Waals surface area (Å²) in [7, 11) is 0. The van der Waals surface area contributed by atoms with E-state index in [1.54, 1.807) is 6.21 Å². The first-order valence-electron chi connectivity index (χ1n) is 8.62. The van der Waals surface area contributed by atoms with E-state index in [4.69, 9.17) is 21.1 Å². The minimum atomic E-state index is -0.0193. The molecule has 0 spiro atoms. The SMILES string of the molecule is CCOc1cc(C=NNC(=O)C2CC2)ccc1OCc1ccc(Cl)cc1. The third kappa shape index (κ3) is 5.23. The van der Waals surface area contributed by atoms with E-state index in [0.717, 1.165) is 24.0 Å². The number of rotatable bonds is 8. The average molecular weight is 373 g/mol. The molecule has 26 heavy (non-hydrogen) atoms. The Morgan fingerprint density at radius 1 is 1.19 bits per heavy atom. The first kappa shape index (κ1) is 18.3. The summed E-state index contributed by atoms with van der Waals surface area (Å²) in [5.41, 5.74) is 4.40. The summed E-state index contributed by atoms with van der Waals surface area (Å²) in [5.74, 6) is 1.41. The standard InChI is InChI=1S/C20H21ClN2O3/c1-2-25-19-11-15(12-22-23-20(24)16-6-7-16)5-10-18(19)26-13-14-3-8-17(21)9-4-14/h3-5,8-12,16H,2,6-7,13H2,1H3,(H,23,24). The molecule has 0 heterocycles. The molecule has 2 aromatic rings. The van der Waals surface area contributed by atoms with Crippen LogP contribution in [0.25, 0.3) is 0 Å². The molecule has 0 radical (unpaired) electrons. The van der Waals surface area contributed by atoms with Gasteiger partial charge in [0.2, 0.25) is 5.91 Å². The zero-order valence-electron chi connectivity index (χ0n) is 14.6. The first-order chi connectivity index (χ1) is 12.7. The van der Waals surface area contributed by atoms with Gasteiger partial charge in [-0.15, -0.1) is 0 Å². The monoisotopic (exact) mass is 372 g/mol. The molecule has 1 N–H and O–H groups in total. The normalized spacial score (nSPS) is 13.6. The van der Waals surface area contributed by atoms with Gasteiger partial charge < -0.3 is 9.47 Å². The minimum absolute atomic E-state index is 0.0193. The maximum atomic E-state index is 11.6. The highest BCUT2D eigenvalue weighted by molar-refractivity contribution is 6.30. The fourth-order valence-electron chi connectivity index (χ4n) is 2.34. The number of carbonyl (C=O) groups is 1. The Hall–Kier alpha value is -2.53. The van der Waals surface area contributed by atoms with Crippen LogP contribution in [0.5, 0.6) is 11.5 Å². The highest BCUT2D eigenvalue weighted by atomic mass is 35.5. The van der Waals surface area contributed by atoms with Crippen molar-refractivity contribution in [3.8, 4) is 11.5 Å². The number of benzene rings is 2. The second-order valence-electron chi connectivity index (χ2n) is 6.06. The maximum absolute atomic E-state index is 11.6. The predicted molar refractivity (Wildman–Crippen MR) is 102 cm³/mol. The fraction of sp³-hybridized carbons (Fsp3) is 0.300. The zero-order chi connectivity index (χ0) is 18.4. The summed E-state index contributed by atoms with van der Waals surface area (Å²) in [4.78, 5) is 11.6. The van der Waals surface area contributed by atoms with Gasteiger partial charge >= 0.3 is 0 Å². The molecule has 1 amide bonds. The van der Waals surface area contributed by atoms with E-state index in [-0.39, 0.29) is 11.8 Å². The molecule has 136 valence electrons. The Morgan fingerprint density at radius 2 is 1.96 bits per heavy atom. The lowest BCUT2D eigenvalue weighted by molar-refractivity contribution is -0.122. The van der Waals surface area contributed by atoms with Crippen molar-refractivity contribution >= 4 is 23.7 Å². The molecular formula is C20H21ClN2O3. The van der Waals surface area contributed by atoms with Gasteiger partial charge in [0.1, 0.15) is 6.61 Å². The molecule has 0 aromatic heterocycles. The van der Waals surface area contributed by atoms with E-state index in [9.17, 15) is 4.79 Å². The van der Waals surface area contributed by atoms with E-state index < -0.39 is 0 Å². The van der Waals surface area contributed by atoms with Crippen LogP contribution in [0.15, 0.2) is 47.6 Å². The van der Waals surface area contributed by atoms with Crippen molar-refractivity contribution < 1.29 is 14.3 Å². The van der Waals surface area contributed by atoms with E-state index in [1.807, 2.05) is 49.4 Å². The lowest BCUT2D eigenvalue weighted by Gasteiger charge is -2.12. The summed E-state index contributed by atoms with van der Waals surface area (Å²) in [6, 6.07) is 13.1. The summed E-state index contributed by atoms with van der Waals surface area (Å²) in [5, 5.41) is 4.70. The zero-order valence-corrected chi connectivity index (χ0v) is 15.3. The van der Waals surface area contributed by atoms with Crippen LogP contribution in [-0.2, 0) is 11.4 Å². The molecule has 2 aromatic carbocycles. The number of hydrogen-bond acceptors (Lipinski definition) is 4. The van der Waals surface area contributed by atoms with Crippen LogP contribution in [-0.4, -0.2) is 18.7 Å². The maximum Gasteiger partial charge on any atom is 0.243 e. The molecule has 0 saturated heterocycles. The summed E-state index contributed by atoms with van der Waals surface area (Å²) in [6.07, 6.45) is 3.51. The van der Waals surface area contributed by atoms with Crippen molar-refractivity contribution in [2.24, 2.45) is 11.0 Å². The summed E-state index contributed by atoms with van der Waals surface area (Å²) in [6.45, 7) is 2.86. The summed E-state index contributed by atoms with van der Waals surface area (Å²) >= 11 is 5.90. The molecule has 1 aliphatic carbocycles. The highest BCUT2D eigenvalue weighted by Crippen LogP contribution is 2.30. The number of amides is 1. The van der Waals surface area contributed by atoms with Crippen LogP contribution in [0.3, 0.4) is 0 Å². The molecule has 0 atom stereocenters. The topological polar surface area (TPSA) is 59.9 Å². The van der Waals surface area contributed by atoms with Gasteiger partial charge in [-0.25, -0.2) is 5.43 Å². The number of nitrogens with one attached hydrogen (secondary N) is 1. The van der Waals surface area contributed by atoms with Gasteiger partial charge in [-0.3, -0.25) is 4.79 Å². The van der Waals surface area contributed by atoms with Crippen molar-refractivity contribution in [3.05, 3.63) is 58.6 Å². The number of halogens is 1. The lowest BCUT2D eigenvalue weighted by atomic mass is 10.2. The highest BCUT2D eigenvalue weighted by Gasteiger charge is 2.29. The van der Waals surface area contributed by atoms with Crippen molar-refractivity contribution in [2.45, 2.75) is 26.4 Å². The number of hydrazone groups is 1. The van der Waals surface area contributed by atoms with E-state index in [1.165, 1.54) is 0 Å². The van der Waals surface area contributed by atoms with Crippen LogP contribution in [0.1, 0.15) is 30.9 Å². The molecule has 1 fully saturated rings. The lowest BCUT2D eigenvalue weighted by Crippen LogP contribution is -2.18. The van der Waals surface area contributed by atoms with Gasteiger partial charge in [0.05, 0.1) is 12.8 Å². The van der Waals surface area contributed by atoms with Crippen LogP contribution in [0.4, 0.5) is 0 Å². The first-order valence-corrected chi connectivity index (χ1v) is 9.00. The smallest absolute Gasteiger partial charge is 0.243 e. The molecule has 0 bridgehead atoms. The Balaban J connectivity index is 1.64.